The van der Waals surface area contributed by atoms with Crippen molar-refractivity contribution in [3.05, 3.63) is 39.9 Å². The van der Waals surface area contributed by atoms with Gasteiger partial charge in [0.05, 0.1) is 0 Å². The molecule has 14 heavy (non-hydrogen) atoms. The number of rotatable bonds is 0. The second-order valence-electron chi connectivity index (χ2n) is 3.29. The van der Waals surface area contributed by atoms with Gasteiger partial charge < -0.3 is 5.32 Å². The van der Waals surface area contributed by atoms with E-state index in [1.54, 1.807) is 0 Å². The third-order valence-corrected chi connectivity index (χ3v) is 3.82. The van der Waals surface area contributed by atoms with Gasteiger partial charge in [0.25, 0.3) is 0 Å². The Bertz CT molecular complexity index is 527. The van der Waals surface area contributed by atoms with Gasteiger partial charge in [-0.15, -0.1) is 11.3 Å². The Balaban J connectivity index is 2.39. The van der Waals surface area contributed by atoms with Gasteiger partial charge in [0.1, 0.15) is 0 Å². The van der Waals surface area contributed by atoms with Gasteiger partial charge in [-0.3, -0.25) is 0 Å². The summed E-state index contributed by atoms with van der Waals surface area (Å²) in [5.74, 6) is 0. The van der Waals surface area contributed by atoms with Gasteiger partial charge in [0.2, 0.25) is 0 Å². The monoisotopic (exact) mass is 221 g/mol. The fourth-order valence-electron chi connectivity index (χ4n) is 1.75. The summed E-state index contributed by atoms with van der Waals surface area (Å²) in [6.45, 7) is 0.933. The van der Waals surface area contributed by atoms with Crippen LogP contribution < -0.4 is 5.32 Å². The molecule has 1 aromatic carbocycles. The van der Waals surface area contributed by atoms with Gasteiger partial charge >= 0.3 is 0 Å². The molecule has 1 aliphatic heterocycles. The van der Waals surface area contributed by atoms with Crippen LogP contribution in [0.5, 0.6) is 0 Å². The average Bonchev–Trinajstić information content (AvgIpc) is 2.56. The fraction of sp³-hybridized carbons (Fsp3) is 0.0909. The zero-order chi connectivity index (χ0) is 9.54. The lowest BCUT2D eigenvalue weighted by Crippen LogP contribution is -2.07. The van der Waals surface area contributed by atoms with E-state index in [1.165, 1.54) is 20.5 Å². The molecule has 3 heteroatoms. The third kappa shape index (κ3) is 1.15. The van der Waals surface area contributed by atoms with Crippen molar-refractivity contribution in [1.82, 2.24) is 5.32 Å². The zero-order valence-corrected chi connectivity index (χ0v) is 8.95. The summed E-state index contributed by atoms with van der Waals surface area (Å²) >= 11 is 7.82. The Hall–Kier alpha value is -0.990. The molecule has 0 saturated heterocycles. The van der Waals surface area contributed by atoms with Crippen molar-refractivity contribution in [1.29, 1.82) is 0 Å². The van der Waals surface area contributed by atoms with Crippen LogP contribution in [0.25, 0.3) is 16.2 Å². The second-order valence-corrected chi connectivity index (χ2v) is 4.87. The van der Waals surface area contributed by atoms with E-state index in [-0.39, 0.29) is 0 Å². The fourth-order valence-corrected chi connectivity index (χ4v) is 3.04. The smallest absolute Gasteiger partial charge is 0.0495 e. The van der Waals surface area contributed by atoms with Crippen LogP contribution in [0, 0.1) is 0 Å². The van der Waals surface area contributed by atoms with E-state index in [1.807, 2.05) is 29.7 Å². The molecule has 0 unspecified atom stereocenters. The topological polar surface area (TPSA) is 12.0 Å². The Morgan fingerprint density at radius 2 is 2.29 bits per heavy atom. The van der Waals surface area contributed by atoms with Crippen LogP contribution in [0.2, 0.25) is 5.02 Å². The van der Waals surface area contributed by atoms with Gasteiger partial charge in [0, 0.05) is 26.5 Å². The molecular formula is C11H8ClNS. The molecule has 1 nitrogen and oxygen atoms in total. The predicted molar refractivity (Wildman–Crippen MR) is 62.7 cm³/mol. The van der Waals surface area contributed by atoms with Crippen molar-refractivity contribution in [2.75, 3.05) is 0 Å². The Labute approximate surface area is 91.0 Å². The van der Waals surface area contributed by atoms with Gasteiger partial charge in [0.15, 0.2) is 0 Å². The minimum Gasteiger partial charge on any atom is -0.386 e. The minimum absolute atomic E-state index is 0.810. The SMILES string of the molecule is Clc1ccc2sc3c(c2c1)C=CNC3. The van der Waals surface area contributed by atoms with Crippen molar-refractivity contribution >= 4 is 39.1 Å². The summed E-state index contributed by atoms with van der Waals surface area (Å²) < 4.78 is 1.31. The highest BCUT2D eigenvalue weighted by Crippen LogP contribution is 2.35. The van der Waals surface area contributed by atoms with E-state index in [0.717, 1.165) is 11.6 Å². The summed E-state index contributed by atoms with van der Waals surface area (Å²) in [5.41, 5.74) is 1.33. The molecule has 1 aromatic heterocycles. The van der Waals surface area contributed by atoms with Gasteiger partial charge in [-0.25, -0.2) is 0 Å². The molecule has 0 radical (unpaired) electrons. The first-order chi connectivity index (χ1) is 6.84. The van der Waals surface area contributed by atoms with Crippen LogP contribution in [0.1, 0.15) is 10.4 Å². The number of hydrogen-bond donors (Lipinski definition) is 1. The first-order valence-electron chi connectivity index (χ1n) is 4.45. The minimum atomic E-state index is 0.810. The molecule has 2 heterocycles. The maximum atomic E-state index is 5.98. The van der Waals surface area contributed by atoms with E-state index in [9.17, 15) is 0 Å². The molecular weight excluding hydrogens is 214 g/mol. The number of thiophene rings is 1. The van der Waals surface area contributed by atoms with Crippen LogP contribution >= 0.6 is 22.9 Å². The van der Waals surface area contributed by atoms with Crippen molar-refractivity contribution in [2.45, 2.75) is 6.54 Å². The summed E-state index contributed by atoms with van der Waals surface area (Å²) in [6, 6.07) is 6.08. The van der Waals surface area contributed by atoms with Gasteiger partial charge in [-0.2, -0.15) is 0 Å². The summed E-state index contributed by atoms with van der Waals surface area (Å²) in [7, 11) is 0. The highest BCUT2D eigenvalue weighted by atomic mass is 35.5. The predicted octanol–water partition coefficient (Wildman–Crippen LogP) is 3.63. The lowest BCUT2D eigenvalue weighted by Gasteiger charge is -2.05. The normalized spacial score (nSPS) is 14.1. The molecule has 1 N–H and O–H groups in total. The van der Waals surface area contributed by atoms with E-state index in [2.05, 4.69) is 17.5 Å². The lowest BCUT2D eigenvalue weighted by atomic mass is 10.1. The summed E-state index contributed by atoms with van der Waals surface area (Å²) in [6.07, 6.45) is 4.11. The Morgan fingerprint density at radius 1 is 1.36 bits per heavy atom. The van der Waals surface area contributed by atoms with Crippen LogP contribution in [-0.2, 0) is 6.54 Å². The number of benzene rings is 1. The van der Waals surface area contributed by atoms with Crippen LogP contribution in [0.4, 0.5) is 0 Å². The van der Waals surface area contributed by atoms with Crippen LogP contribution in [0.3, 0.4) is 0 Å². The number of hydrogen-bond acceptors (Lipinski definition) is 2. The Morgan fingerprint density at radius 3 is 3.21 bits per heavy atom. The molecule has 0 atom stereocenters. The third-order valence-electron chi connectivity index (χ3n) is 2.40. The molecule has 0 saturated carbocycles. The summed E-state index contributed by atoms with van der Waals surface area (Å²) in [4.78, 5) is 1.39. The molecule has 0 aliphatic carbocycles. The zero-order valence-electron chi connectivity index (χ0n) is 7.38. The van der Waals surface area contributed by atoms with Crippen molar-refractivity contribution in [3.8, 4) is 0 Å². The molecule has 3 rings (SSSR count). The Kier molecular flexibility index (Phi) is 1.79. The highest BCUT2D eigenvalue weighted by molar-refractivity contribution is 7.19. The largest absolute Gasteiger partial charge is 0.386 e. The molecule has 2 aromatic rings. The second kappa shape index (κ2) is 3.01. The molecule has 0 fully saturated rings. The highest BCUT2D eigenvalue weighted by Gasteiger charge is 2.11. The first kappa shape index (κ1) is 8.33. The number of fused-ring (bicyclic) bond motifs is 3. The quantitative estimate of drug-likeness (QED) is 0.717. The van der Waals surface area contributed by atoms with Gasteiger partial charge in [-0.1, -0.05) is 11.6 Å². The molecule has 1 aliphatic rings. The molecule has 0 bridgehead atoms. The molecule has 0 spiro atoms. The van der Waals surface area contributed by atoms with E-state index < -0.39 is 0 Å². The maximum absolute atomic E-state index is 5.98. The van der Waals surface area contributed by atoms with E-state index in [4.69, 9.17) is 11.6 Å². The van der Waals surface area contributed by atoms with E-state index >= 15 is 0 Å². The van der Waals surface area contributed by atoms with Crippen molar-refractivity contribution in [2.24, 2.45) is 0 Å². The number of nitrogens with one attached hydrogen (secondary N) is 1. The van der Waals surface area contributed by atoms with Crippen LogP contribution in [-0.4, -0.2) is 0 Å². The first-order valence-corrected chi connectivity index (χ1v) is 5.65. The standard InChI is InChI=1S/C11H8ClNS/c12-7-1-2-10-9(5-7)8-3-4-13-6-11(8)14-10/h1-5,13H,6H2. The molecule has 0 amide bonds. The number of halogens is 1. The van der Waals surface area contributed by atoms with Crippen LogP contribution in [0.15, 0.2) is 24.4 Å². The summed E-state index contributed by atoms with van der Waals surface area (Å²) in [5, 5.41) is 5.30. The lowest BCUT2D eigenvalue weighted by molar-refractivity contribution is 0.878. The van der Waals surface area contributed by atoms with Gasteiger partial charge in [-0.05, 0) is 36.0 Å². The van der Waals surface area contributed by atoms with Crippen molar-refractivity contribution in [3.63, 3.8) is 0 Å². The van der Waals surface area contributed by atoms with E-state index in [0.29, 0.717) is 0 Å². The van der Waals surface area contributed by atoms with Crippen molar-refractivity contribution < 1.29 is 0 Å². The maximum Gasteiger partial charge on any atom is 0.0495 e. The molecule has 70 valence electrons. The average molecular weight is 222 g/mol.